The molecule has 0 unspecified atom stereocenters. The second-order valence-electron chi connectivity index (χ2n) is 7.79. The molecular formula is C25H25ClN4O4. The molecule has 9 heteroatoms. The third kappa shape index (κ3) is 4.63. The van der Waals surface area contributed by atoms with Crippen molar-refractivity contribution in [2.24, 2.45) is 0 Å². The lowest BCUT2D eigenvalue weighted by molar-refractivity contribution is 0.0955. The number of methoxy groups -OCH3 is 2. The average Bonchev–Trinajstić information content (AvgIpc) is 3.26. The zero-order valence-electron chi connectivity index (χ0n) is 19.1. The first-order chi connectivity index (χ1) is 16.4. The lowest BCUT2D eigenvalue weighted by Gasteiger charge is -2.10. The number of rotatable bonds is 8. The van der Waals surface area contributed by atoms with Crippen LogP contribution in [0.25, 0.3) is 5.65 Å². The van der Waals surface area contributed by atoms with Crippen LogP contribution in [0.5, 0.6) is 11.5 Å². The quantitative estimate of drug-likeness (QED) is 0.402. The highest BCUT2D eigenvalue weighted by atomic mass is 35.5. The van der Waals surface area contributed by atoms with Gasteiger partial charge >= 0.3 is 0 Å². The number of hydrogen-bond acceptors (Lipinski definition) is 5. The van der Waals surface area contributed by atoms with Crippen LogP contribution in [0.15, 0.2) is 53.5 Å². The first-order valence-electron chi connectivity index (χ1n) is 10.7. The van der Waals surface area contributed by atoms with Gasteiger partial charge in [0.15, 0.2) is 17.1 Å². The van der Waals surface area contributed by atoms with Crippen LogP contribution in [-0.4, -0.2) is 41.3 Å². The van der Waals surface area contributed by atoms with Crippen molar-refractivity contribution < 1.29 is 14.3 Å². The molecule has 0 aliphatic heterocycles. The Kier molecular flexibility index (Phi) is 6.88. The lowest BCUT2D eigenvalue weighted by atomic mass is 10.0. The minimum atomic E-state index is -0.315. The van der Waals surface area contributed by atoms with Gasteiger partial charge in [-0.3, -0.25) is 14.7 Å². The molecule has 0 spiro atoms. The number of aromatic nitrogens is 3. The first kappa shape index (κ1) is 23.4. The molecule has 0 atom stereocenters. The smallest absolute Gasteiger partial charge is 0.276 e. The lowest BCUT2D eigenvalue weighted by Crippen LogP contribution is -2.27. The van der Waals surface area contributed by atoms with Gasteiger partial charge in [0.2, 0.25) is 0 Å². The number of carbonyl (C=O) groups is 1. The fourth-order valence-corrected chi connectivity index (χ4v) is 4.01. The SMILES string of the molecule is COc1ccc(CCNC(=O)c2c[nH]n3c(=O)c(Cc4ccccc4Cl)c(C)nc23)cc1OC. The monoisotopic (exact) mass is 480 g/mol. The molecule has 0 saturated carbocycles. The van der Waals surface area contributed by atoms with Crippen molar-refractivity contribution in [2.75, 3.05) is 20.8 Å². The third-order valence-corrected chi connectivity index (χ3v) is 6.05. The number of carbonyl (C=O) groups excluding carboxylic acids is 1. The Labute approximate surface area is 201 Å². The summed E-state index contributed by atoms with van der Waals surface area (Å²) >= 11 is 6.26. The first-order valence-corrected chi connectivity index (χ1v) is 11.1. The van der Waals surface area contributed by atoms with Crippen LogP contribution in [0.3, 0.4) is 0 Å². The predicted octanol–water partition coefficient (Wildman–Crippen LogP) is 3.56. The molecule has 2 N–H and O–H groups in total. The van der Waals surface area contributed by atoms with Crippen LogP contribution in [-0.2, 0) is 12.8 Å². The van der Waals surface area contributed by atoms with Gasteiger partial charge < -0.3 is 14.8 Å². The summed E-state index contributed by atoms with van der Waals surface area (Å²) < 4.78 is 11.9. The molecule has 0 radical (unpaired) electrons. The van der Waals surface area contributed by atoms with Gasteiger partial charge in [-0.05, 0) is 42.7 Å². The molecule has 2 aromatic heterocycles. The molecule has 0 aliphatic rings. The van der Waals surface area contributed by atoms with Crippen molar-refractivity contribution in [3.8, 4) is 11.5 Å². The Balaban J connectivity index is 1.51. The Morgan fingerprint density at radius 2 is 1.91 bits per heavy atom. The zero-order chi connectivity index (χ0) is 24.2. The second kappa shape index (κ2) is 10.0. The van der Waals surface area contributed by atoms with Crippen molar-refractivity contribution in [2.45, 2.75) is 19.8 Å². The van der Waals surface area contributed by atoms with Gasteiger partial charge in [-0.25, -0.2) is 9.50 Å². The Morgan fingerprint density at radius 3 is 2.65 bits per heavy atom. The minimum Gasteiger partial charge on any atom is -0.493 e. The normalized spacial score (nSPS) is 10.9. The molecule has 0 bridgehead atoms. The van der Waals surface area contributed by atoms with E-state index in [4.69, 9.17) is 21.1 Å². The molecule has 0 fully saturated rings. The molecular weight excluding hydrogens is 456 g/mol. The zero-order valence-corrected chi connectivity index (χ0v) is 19.9. The summed E-state index contributed by atoms with van der Waals surface area (Å²) in [5.74, 6) is 0.967. The standard InChI is InChI=1S/C25H25ClN4O4/c1-15-18(13-17-6-4-5-7-20(17)26)25(32)30-23(29-15)19(14-28-30)24(31)27-11-10-16-8-9-21(33-2)22(12-16)34-3/h4-9,12,14,28H,10-11,13H2,1-3H3,(H,27,31). The van der Waals surface area contributed by atoms with E-state index in [1.54, 1.807) is 27.2 Å². The molecule has 4 aromatic rings. The number of aryl methyl sites for hydroxylation is 1. The molecule has 2 heterocycles. The summed E-state index contributed by atoms with van der Waals surface area (Å²) in [4.78, 5) is 30.5. The number of hydrogen-bond donors (Lipinski definition) is 2. The topological polar surface area (TPSA) is 97.7 Å². The summed E-state index contributed by atoms with van der Waals surface area (Å²) in [6, 6.07) is 13.0. The summed E-state index contributed by atoms with van der Waals surface area (Å²) in [5.41, 5.74) is 3.24. The van der Waals surface area contributed by atoms with Crippen molar-refractivity contribution in [1.82, 2.24) is 19.9 Å². The molecule has 176 valence electrons. The molecule has 1 amide bonds. The largest absolute Gasteiger partial charge is 0.493 e. The number of aromatic amines is 1. The van der Waals surface area contributed by atoms with E-state index in [2.05, 4.69) is 15.4 Å². The predicted molar refractivity (Wildman–Crippen MR) is 130 cm³/mol. The Bertz CT molecular complexity index is 1410. The maximum atomic E-state index is 13.1. The number of amides is 1. The van der Waals surface area contributed by atoms with Crippen LogP contribution in [0.4, 0.5) is 0 Å². The number of nitrogens with one attached hydrogen (secondary N) is 2. The number of nitrogens with zero attached hydrogens (tertiary/aromatic N) is 2. The van der Waals surface area contributed by atoms with Crippen molar-refractivity contribution in [3.05, 3.63) is 92.0 Å². The molecule has 34 heavy (non-hydrogen) atoms. The number of H-pyrrole nitrogens is 1. The number of halogens is 1. The molecule has 0 saturated heterocycles. The van der Waals surface area contributed by atoms with E-state index in [1.807, 2.05) is 36.4 Å². The van der Waals surface area contributed by atoms with E-state index in [-0.39, 0.29) is 17.1 Å². The fourth-order valence-electron chi connectivity index (χ4n) is 3.81. The summed E-state index contributed by atoms with van der Waals surface area (Å²) in [6.45, 7) is 2.17. The fraction of sp³-hybridized carbons (Fsp3) is 0.240. The van der Waals surface area contributed by atoms with Gasteiger partial charge in [0.05, 0.1) is 14.2 Å². The number of ether oxygens (including phenoxy) is 2. The minimum absolute atomic E-state index is 0.258. The van der Waals surface area contributed by atoms with E-state index >= 15 is 0 Å². The van der Waals surface area contributed by atoms with Gasteiger partial charge in [-0.2, -0.15) is 0 Å². The van der Waals surface area contributed by atoms with Crippen LogP contribution in [0.1, 0.15) is 32.7 Å². The van der Waals surface area contributed by atoms with Crippen LogP contribution in [0, 0.1) is 6.92 Å². The van der Waals surface area contributed by atoms with E-state index in [9.17, 15) is 9.59 Å². The molecule has 2 aromatic carbocycles. The van der Waals surface area contributed by atoms with Crippen LogP contribution < -0.4 is 20.3 Å². The molecule has 8 nitrogen and oxygen atoms in total. The maximum Gasteiger partial charge on any atom is 0.276 e. The van der Waals surface area contributed by atoms with E-state index in [1.165, 1.54) is 10.7 Å². The van der Waals surface area contributed by atoms with Gasteiger partial charge in [0.25, 0.3) is 11.5 Å². The van der Waals surface area contributed by atoms with E-state index in [0.29, 0.717) is 52.7 Å². The average molecular weight is 481 g/mol. The van der Waals surface area contributed by atoms with E-state index < -0.39 is 0 Å². The second-order valence-corrected chi connectivity index (χ2v) is 8.20. The van der Waals surface area contributed by atoms with Gasteiger partial charge in [-0.1, -0.05) is 35.9 Å². The molecule has 0 aliphatic carbocycles. The van der Waals surface area contributed by atoms with Crippen LogP contribution >= 0.6 is 11.6 Å². The van der Waals surface area contributed by atoms with Gasteiger partial charge in [0, 0.05) is 35.4 Å². The third-order valence-electron chi connectivity index (χ3n) is 5.68. The van der Waals surface area contributed by atoms with Crippen molar-refractivity contribution >= 4 is 23.2 Å². The number of fused-ring (bicyclic) bond motifs is 1. The van der Waals surface area contributed by atoms with Crippen molar-refractivity contribution in [3.63, 3.8) is 0 Å². The van der Waals surface area contributed by atoms with Crippen molar-refractivity contribution in [1.29, 1.82) is 0 Å². The highest BCUT2D eigenvalue weighted by molar-refractivity contribution is 6.31. The Morgan fingerprint density at radius 1 is 1.15 bits per heavy atom. The summed E-state index contributed by atoms with van der Waals surface area (Å²) in [5, 5.41) is 6.34. The Hall–Kier alpha value is -3.78. The maximum absolute atomic E-state index is 13.1. The summed E-state index contributed by atoms with van der Waals surface area (Å²) in [6.07, 6.45) is 2.45. The summed E-state index contributed by atoms with van der Waals surface area (Å²) in [7, 11) is 3.16. The van der Waals surface area contributed by atoms with Gasteiger partial charge in [-0.15, -0.1) is 0 Å². The van der Waals surface area contributed by atoms with Gasteiger partial charge in [0.1, 0.15) is 5.56 Å². The number of benzene rings is 2. The highest BCUT2D eigenvalue weighted by Gasteiger charge is 2.19. The molecule has 4 rings (SSSR count). The van der Waals surface area contributed by atoms with Crippen LogP contribution in [0.2, 0.25) is 5.02 Å². The van der Waals surface area contributed by atoms with E-state index in [0.717, 1.165) is 11.1 Å². The highest BCUT2D eigenvalue weighted by Crippen LogP contribution is 2.27.